The van der Waals surface area contributed by atoms with Crippen LogP contribution in [0.25, 0.3) is 0 Å². The Hall–Kier alpha value is -2.11. The van der Waals surface area contributed by atoms with Crippen molar-refractivity contribution in [2.45, 2.75) is 19.8 Å². The summed E-state index contributed by atoms with van der Waals surface area (Å²) in [5.41, 5.74) is 1.18. The Morgan fingerprint density at radius 1 is 1.26 bits per heavy atom. The average molecular weight is 264 g/mol. The zero-order chi connectivity index (χ0) is 14.1. The van der Waals surface area contributed by atoms with Crippen LogP contribution in [-0.2, 0) is 4.79 Å². The third-order valence-corrected chi connectivity index (χ3v) is 2.54. The summed E-state index contributed by atoms with van der Waals surface area (Å²) < 4.78 is 0. The highest BCUT2D eigenvalue weighted by Gasteiger charge is 2.10. The molecule has 0 saturated carbocycles. The predicted molar refractivity (Wildman–Crippen MR) is 74.0 cm³/mol. The van der Waals surface area contributed by atoms with Crippen molar-refractivity contribution in [1.82, 2.24) is 15.6 Å². The Kier molecular flexibility index (Phi) is 6.35. The van der Waals surface area contributed by atoms with Gasteiger partial charge in [-0.3, -0.25) is 14.6 Å². The van der Waals surface area contributed by atoms with Crippen LogP contribution >= 0.6 is 0 Å². The molecule has 2 amide bonds. The van der Waals surface area contributed by atoms with Crippen molar-refractivity contribution in [3.63, 3.8) is 0 Å². The van der Waals surface area contributed by atoms with Gasteiger partial charge < -0.3 is 16.0 Å². The fourth-order valence-corrected chi connectivity index (χ4v) is 1.53. The molecule has 1 rings (SSSR count). The number of nitrogens with one attached hydrogen (secondary N) is 3. The molecule has 19 heavy (non-hydrogen) atoms. The van der Waals surface area contributed by atoms with Crippen molar-refractivity contribution in [1.29, 1.82) is 0 Å². The van der Waals surface area contributed by atoms with Crippen LogP contribution < -0.4 is 16.0 Å². The minimum absolute atomic E-state index is 0.0535. The zero-order valence-electron chi connectivity index (χ0n) is 11.3. The van der Waals surface area contributed by atoms with E-state index in [9.17, 15) is 9.59 Å². The summed E-state index contributed by atoms with van der Waals surface area (Å²) in [7, 11) is 1.74. The molecule has 6 nitrogen and oxygen atoms in total. The first-order chi connectivity index (χ1) is 9.19. The number of nitrogens with zero attached hydrogens (tertiary/aromatic N) is 1. The number of hydrogen-bond donors (Lipinski definition) is 3. The molecule has 0 atom stereocenters. The molecule has 0 spiro atoms. The Bertz CT molecular complexity index is 434. The van der Waals surface area contributed by atoms with Gasteiger partial charge in [0, 0.05) is 44.6 Å². The second kappa shape index (κ2) is 8.07. The van der Waals surface area contributed by atoms with Crippen LogP contribution in [0.2, 0.25) is 0 Å². The van der Waals surface area contributed by atoms with Gasteiger partial charge in [0.2, 0.25) is 5.91 Å². The van der Waals surface area contributed by atoms with E-state index in [0.29, 0.717) is 24.3 Å². The minimum atomic E-state index is -0.235. The topological polar surface area (TPSA) is 83.1 Å². The smallest absolute Gasteiger partial charge is 0.254 e. The van der Waals surface area contributed by atoms with Gasteiger partial charge in [0.1, 0.15) is 0 Å². The van der Waals surface area contributed by atoms with E-state index in [2.05, 4.69) is 20.9 Å². The molecule has 6 heteroatoms. The maximum atomic E-state index is 11.9. The van der Waals surface area contributed by atoms with Gasteiger partial charge in [-0.25, -0.2) is 0 Å². The molecule has 104 valence electrons. The molecule has 1 aromatic heterocycles. The fourth-order valence-electron chi connectivity index (χ4n) is 1.53. The highest BCUT2D eigenvalue weighted by Crippen LogP contribution is 2.11. The van der Waals surface area contributed by atoms with E-state index in [-0.39, 0.29) is 18.2 Å². The number of pyridine rings is 1. The van der Waals surface area contributed by atoms with Gasteiger partial charge in [0.15, 0.2) is 0 Å². The Morgan fingerprint density at radius 3 is 2.74 bits per heavy atom. The Morgan fingerprint density at radius 2 is 2.05 bits per heavy atom. The van der Waals surface area contributed by atoms with E-state index in [1.807, 2.05) is 6.92 Å². The summed E-state index contributed by atoms with van der Waals surface area (Å²) in [5, 5.41) is 8.38. The second-order valence-electron chi connectivity index (χ2n) is 4.03. The normalized spacial score (nSPS) is 9.79. The summed E-state index contributed by atoms with van der Waals surface area (Å²) in [5.74, 6) is -0.289. The van der Waals surface area contributed by atoms with Gasteiger partial charge in [-0.1, -0.05) is 6.92 Å². The monoisotopic (exact) mass is 264 g/mol. The van der Waals surface area contributed by atoms with E-state index in [1.54, 1.807) is 19.3 Å². The Labute approximate surface area is 113 Å². The Balaban J connectivity index is 2.41. The third kappa shape index (κ3) is 4.95. The van der Waals surface area contributed by atoms with Crippen LogP contribution in [0.5, 0.6) is 0 Å². The van der Waals surface area contributed by atoms with Crippen LogP contribution in [0.4, 0.5) is 5.69 Å². The van der Waals surface area contributed by atoms with Crippen molar-refractivity contribution in [3.05, 3.63) is 24.0 Å². The molecular formula is C13H20N4O2. The lowest BCUT2D eigenvalue weighted by Gasteiger charge is -2.09. The largest absolute Gasteiger partial charge is 0.387 e. The number of amides is 2. The van der Waals surface area contributed by atoms with Crippen molar-refractivity contribution >= 4 is 17.5 Å². The first-order valence-corrected chi connectivity index (χ1v) is 6.35. The molecular weight excluding hydrogens is 244 g/mol. The van der Waals surface area contributed by atoms with Crippen LogP contribution in [0.1, 0.15) is 30.1 Å². The standard InChI is InChI=1S/C13H20N4O2/c1-3-6-16-12(18)5-8-17-13(19)10-9-15-7-4-11(10)14-2/h4,7,9H,3,5-6,8H2,1-2H3,(H,14,15)(H,16,18)(H,17,19). The number of carbonyl (C=O) groups is 2. The SMILES string of the molecule is CCCNC(=O)CCNC(=O)c1cnccc1NC. The molecule has 1 heterocycles. The number of hydrogen-bond acceptors (Lipinski definition) is 4. The molecule has 0 aliphatic rings. The number of aromatic nitrogens is 1. The lowest BCUT2D eigenvalue weighted by Crippen LogP contribution is -2.31. The van der Waals surface area contributed by atoms with Crippen molar-refractivity contribution in [3.8, 4) is 0 Å². The molecule has 0 bridgehead atoms. The molecule has 0 aromatic carbocycles. The third-order valence-electron chi connectivity index (χ3n) is 2.54. The molecule has 3 N–H and O–H groups in total. The van der Waals surface area contributed by atoms with Crippen LogP contribution in [0.3, 0.4) is 0 Å². The lowest BCUT2D eigenvalue weighted by molar-refractivity contribution is -0.120. The number of carbonyl (C=O) groups excluding carboxylic acids is 2. The summed E-state index contributed by atoms with van der Waals surface area (Å²) in [6.07, 6.45) is 4.29. The van der Waals surface area contributed by atoms with Gasteiger partial charge in [0.05, 0.1) is 5.56 Å². The quantitative estimate of drug-likeness (QED) is 0.679. The van der Waals surface area contributed by atoms with Crippen molar-refractivity contribution in [2.75, 3.05) is 25.5 Å². The highest BCUT2D eigenvalue weighted by molar-refractivity contribution is 5.99. The molecule has 0 radical (unpaired) electrons. The summed E-state index contributed by atoms with van der Waals surface area (Å²) in [6.45, 7) is 2.97. The van der Waals surface area contributed by atoms with Gasteiger partial charge in [-0.2, -0.15) is 0 Å². The van der Waals surface area contributed by atoms with Gasteiger partial charge in [-0.15, -0.1) is 0 Å². The summed E-state index contributed by atoms with van der Waals surface area (Å²) in [4.78, 5) is 27.2. The van der Waals surface area contributed by atoms with E-state index in [4.69, 9.17) is 0 Å². The second-order valence-corrected chi connectivity index (χ2v) is 4.03. The fraction of sp³-hybridized carbons (Fsp3) is 0.462. The number of rotatable bonds is 7. The molecule has 0 saturated heterocycles. The minimum Gasteiger partial charge on any atom is -0.387 e. The van der Waals surface area contributed by atoms with Crippen LogP contribution in [0, 0.1) is 0 Å². The first-order valence-electron chi connectivity index (χ1n) is 6.35. The first kappa shape index (κ1) is 14.9. The summed E-state index contributed by atoms with van der Waals surface area (Å²) in [6, 6.07) is 1.73. The zero-order valence-corrected chi connectivity index (χ0v) is 11.3. The van der Waals surface area contributed by atoms with Crippen LogP contribution in [-0.4, -0.2) is 36.9 Å². The molecule has 0 aliphatic heterocycles. The number of anilines is 1. The molecule has 0 unspecified atom stereocenters. The maximum absolute atomic E-state index is 11.9. The maximum Gasteiger partial charge on any atom is 0.254 e. The molecule has 1 aromatic rings. The average Bonchev–Trinajstić information content (AvgIpc) is 2.44. The van der Waals surface area contributed by atoms with Gasteiger partial charge in [-0.05, 0) is 12.5 Å². The van der Waals surface area contributed by atoms with E-state index in [1.165, 1.54) is 6.20 Å². The predicted octanol–water partition coefficient (Wildman–Crippen LogP) is 0.769. The summed E-state index contributed by atoms with van der Waals surface area (Å²) >= 11 is 0. The van der Waals surface area contributed by atoms with Crippen molar-refractivity contribution in [2.24, 2.45) is 0 Å². The lowest BCUT2D eigenvalue weighted by atomic mass is 10.2. The molecule has 0 aliphatic carbocycles. The van der Waals surface area contributed by atoms with Gasteiger partial charge in [0.25, 0.3) is 5.91 Å². The van der Waals surface area contributed by atoms with Gasteiger partial charge >= 0.3 is 0 Å². The molecule has 0 fully saturated rings. The highest BCUT2D eigenvalue weighted by atomic mass is 16.2. The van der Waals surface area contributed by atoms with Crippen LogP contribution in [0.15, 0.2) is 18.5 Å². The van der Waals surface area contributed by atoms with E-state index < -0.39 is 0 Å². The van der Waals surface area contributed by atoms with E-state index >= 15 is 0 Å². The van der Waals surface area contributed by atoms with Crippen molar-refractivity contribution < 1.29 is 9.59 Å². The van der Waals surface area contributed by atoms with E-state index in [0.717, 1.165) is 6.42 Å².